The van der Waals surface area contributed by atoms with E-state index in [4.69, 9.17) is 11.2 Å². The second-order valence-electron chi connectivity index (χ2n) is 4.16. The molecular formula is C16H15BrO. The smallest absolute Gasteiger partial charge is 0.119 e. The highest BCUT2D eigenvalue weighted by molar-refractivity contribution is 9.10. The fourth-order valence-corrected chi connectivity index (χ4v) is 2.18. The maximum Gasteiger partial charge on any atom is 0.119 e. The molecule has 1 nitrogen and oxygen atoms in total. The van der Waals surface area contributed by atoms with Gasteiger partial charge >= 0.3 is 0 Å². The largest absolute Gasteiger partial charge is 0.494 e. The predicted octanol–water partition coefficient (Wildman–Crippen LogP) is 4.78. The number of hydrogen-bond acceptors (Lipinski definition) is 1. The van der Waals surface area contributed by atoms with E-state index in [1.54, 1.807) is 0 Å². The number of hydrogen-bond donors (Lipinski definition) is 0. The molecule has 0 fully saturated rings. The lowest BCUT2D eigenvalue weighted by Gasteiger charge is -2.07. The number of unbranched alkanes of at least 4 members (excludes halogenated alkanes) is 2. The monoisotopic (exact) mass is 302 g/mol. The summed E-state index contributed by atoms with van der Waals surface area (Å²) >= 11 is 3.47. The lowest BCUT2D eigenvalue weighted by Crippen LogP contribution is -1.96. The molecule has 0 amide bonds. The van der Waals surface area contributed by atoms with Crippen LogP contribution in [-0.4, -0.2) is 6.61 Å². The van der Waals surface area contributed by atoms with E-state index in [-0.39, 0.29) is 0 Å². The van der Waals surface area contributed by atoms with Gasteiger partial charge < -0.3 is 4.74 Å². The fourth-order valence-electron chi connectivity index (χ4n) is 1.80. The lowest BCUT2D eigenvalue weighted by atomic mass is 10.1. The normalized spacial score (nSPS) is 10.2. The van der Waals surface area contributed by atoms with E-state index in [2.05, 4.69) is 46.1 Å². The fraction of sp³-hybridized carbons (Fsp3) is 0.250. The van der Waals surface area contributed by atoms with Gasteiger partial charge in [-0.25, -0.2) is 0 Å². The standard InChI is InChI=1S/C16H15BrO/c1-2-3-4-5-10-18-16-9-7-13-11-15(17)8-6-14(13)12-16/h1,6-9,11-12H,3-5,10H2. The number of benzene rings is 2. The van der Waals surface area contributed by atoms with Gasteiger partial charge in [0, 0.05) is 10.9 Å². The van der Waals surface area contributed by atoms with Crippen molar-refractivity contribution < 1.29 is 4.74 Å². The van der Waals surface area contributed by atoms with Gasteiger partial charge in [-0.05, 0) is 47.9 Å². The lowest BCUT2D eigenvalue weighted by molar-refractivity contribution is 0.308. The third-order valence-electron chi connectivity index (χ3n) is 2.76. The summed E-state index contributed by atoms with van der Waals surface area (Å²) in [6.07, 6.45) is 8.06. The average molecular weight is 303 g/mol. The van der Waals surface area contributed by atoms with Crippen LogP contribution in [0.4, 0.5) is 0 Å². The first kappa shape index (κ1) is 13.0. The third-order valence-corrected chi connectivity index (χ3v) is 3.25. The number of fused-ring (bicyclic) bond motifs is 1. The minimum absolute atomic E-state index is 0.726. The first-order valence-corrected chi connectivity index (χ1v) is 6.84. The van der Waals surface area contributed by atoms with Gasteiger partial charge in [0.1, 0.15) is 5.75 Å². The Morgan fingerprint density at radius 3 is 2.67 bits per heavy atom. The molecule has 0 atom stereocenters. The molecule has 2 aromatic rings. The Kier molecular flexibility index (Phi) is 4.66. The molecule has 0 aromatic heterocycles. The van der Waals surface area contributed by atoms with Crippen molar-refractivity contribution in [2.24, 2.45) is 0 Å². The van der Waals surface area contributed by atoms with Gasteiger partial charge in [0.25, 0.3) is 0 Å². The number of ether oxygens (including phenoxy) is 1. The van der Waals surface area contributed by atoms with Crippen LogP contribution in [0.3, 0.4) is 0 Å². The van der Waals surface area contributed by atoms with Gasteiger partial charge in [0.05, 0.1) is 6.61 Å². The van der Waals surface area contributed by atoms with Crippen molar-refractivity contribution in [3.05, 3.63) is 40.9 Å². The van der Waals surface area contributed by atoms with Crippen LogP contribution in [0.2, 0.25) is 0 Å². The summed E-state index contributed by atoms with van der Waals surface area (Å²) in [5, 5.41) is 2.41. The molecule has 2 aromatic carbocycles. The molecule has 2 heteroatoms. The predicted molar refractivity (Wildman–Crippen MR) is 79.8 cm³/mol. The van der Waals surface area contributed by atoms with E-state index in [1.165, 1.54) is 10.8 Å². The molecule has 0 aliphatic carbocycles. The number of halogens is 1. The Balaban J connectivity index is 1.98. The van der Waals surface area contributed by atoms with Gasteiger partial charge in [-0.3, -0.25) is 0 Å². The van der Waals surface area contributed by atoms with Crippen LogP contribution >= 0.6 is 15.9 Å². The molecule has 0 saturated carbocycles. The van der Waals surface area contributed by atoms with Gasteiger partial charge in [0.15, 0.2) is 0 Å². The van der Waals surface area contributed by atoms with Crippen LogP contribution in [0.25, 0.3) is 10.8 Å². The first-order valence-electron chi connectivity index (χ1n) is 6.05. The molecule has 92 valence electrons. The minimum atomic E-state index is 0.726. The third kappa shape index (κ3) is 3.51. The Labute approximate surface area is 116 Å². The van der Waals surface area contributed by atoms with Crippen molar-refractivity contribution in [2.45, 2.75) is 19.3 Å². The molecule has 2 rings (SSSR count). The SMILES string of the molecule is C#CCCCCOc1ccc2cc(Br)ccc2c1. The van der Waals surface area contributed by atoms with E-state index >= 15 is 0 Å². The second kappa shape index (κ2) is 6.47. The molecule has 18 heavy (non-hydrogen) atoms. The van der Waals surface area contributed by atoms with Crippen LogP contribution in [-0.2, 0) is 0 Å². The Hall–Kier alpha value is -1.46. The molecule has 0 spiro atoms. The van der Waals surface area contributed by atoms with Crippen LogP contribution in [0, 0.1) is 12.3 Å². The summed E-state index contributed by atoms with van der Waals surface area (Å²) in [6, 6.07) is 12.4. The number of rotatable bonds is 5. The first-order chi connectivity index (χ1) is 8.79. The molecule has 0 N–H and O–H groups in total. The van der Waals surface area contributed by atoms with E-state index in [0.29, 0.717) is 0 Å². The highest BCUT2D eigenvalue weighted by Crippen LogP contribution is 2.24. The maximum absolute atomic E-state index is 5.71. The van der Waals surface area contributed by atoms with Crippen molar-refractivity contribution >= 4 is 26.7 Å². The second-order valence-corrected chi connectivity index (χ2v) is 5.08. The van der Waals surface area contributed by atoms with Gasteiger partial charge in [-0.15, -0.1) is 12.3 Å². The van der Waals surface area contributed by atoms with Crippen molar-refractivity contribution in [1.29, 1.82) is 0 Å². The Bertz CT molecular complexity index is 569. The molecule has 0 bridgehead atoms. The summed E-state index contributed by atoms with van der Waals surface area (Å²) in [5.41, 5.74) is 0. The van der Waals surface area contributed by atoms with Gasteiger partial charge in [0.2, 0.25) is 0 Å². The number of terminal acetylenes is 1. The van der Waals surface area contributed by atoms with E-state index in [9.17, 15) is 0 Å². The zero-order valence-corrected chi connectivity index (χ0v) is 11.7. The van der Waals surface area contributed by atoms with Crippen molar-refractivity contribution in [3.63, 3.8) is 0 Å². The van der Waals surface area contributed by atoms with Crippen LogP contribution in [0.1, 0.15) is 19.3 Å². The zero-order valence-electron chi connectivity index (χ0n) is 10.2. The molecule has 0 radical (unpaired) electrons. The van der Waals surface area contributed by atoms with Gasteiger partial charge in [-0.1, -0.05) is 28.1 Å². The summed E-state index contributed by atoms with van der Waals surface area (Å²) in [5.74, 6) is 3.56. The van der Waals surface area contributed by atoms with Crippen LogP contribution < -0.4 is 4.74 Å². The molecule has 0 unspecified atom stereocenters. The Morgan fingerprint density at radius 1 is 1.06 bits per heavy atom. The van der Waals surface area contributed by atoms with Crippen molar-refractivity contribution in [3.8, 4) is 18.1 Å². The molecule has 0 aliphatic rings. The quantitative estimate of drug-likeness (QED) is 0.570. The summed E-state index contributed by atoms with van der Waals surface area (Å²) < 4.78 is 6.81. The van der Waals surface area contributed by atoms with Crippen molar-refractivity contribution in [2.75, 3.05) is 6.61 Å². The van der Waals surface area contributed by atoms with E-state index < -0.39 is 0 Å². The zero-order chi connectivity index (χ0) is 12.8. The topological polar surface area (TPSA) is 9.23 Å². The summed E-state index contributed by atoms with van der Waals surface area (Å²) in [4.78, 5) is 0. The highest BCUT2D eigenvalue weighted by Gasteiger charge is 1.98. The van der Waals surface area contributed by atoms with E-state index in [1.807, 2.05) is 12.1 Å². The Morgan fingerprint density at radius 2 is 1.83 bits per heavy atom. The van der Waals surface area contributed by atoms with Crippen LogP contribution in [0.5, 0.6) is 5.75 Å². The molecule has 0 saturated heterocycles. The molecule has 0 heterocycles. The summed E-state index contributed by atoms with van der Waals surface area (Å²) in [7, 11) is 0. The highest BCUT2D eigenvalue weighted by atomic mass is 79.9. The van der Waals surface area contributed by atoms with E-state index in [0.717, 1.165) is 36.1 Å². The summed E-state index contributed by atoms with van der Waals surface area (Å²) in [6.45, 7) is 0.726. The molecule has 0 aliphatic heterocycles. The average Bonchev–Trinajstić information content (AvgIpc) is 2.38. The maximum atomic E-state index is 5.71. The van der Waals surface area contributed by atoms with Crippen LogP contribution in [0.15, 0.2) is 40.9 Å². The minimum Gasteiger partial charge on any atom is -0.494 e. The van der Waals surface area contributed by atoms with Gasteiger partial charge in [-0.2, -0.15) is 0 Å². The van der Waals surface area contributed by atoms with Crippen molar-refractivity contribution in [1.82, 2.24) is 0 Å². The molecular weight excluding hydrogens is 288 g/mol.